The fourth-order valence-electron chi connectivity index (χ4n) is 2.78. The Hall–Kier alpha value is -1.98. The molecule has 1 aliphatic carbocycles. The van der Waals surface area contributed by atoms with Crippen LogP contribution in [0.2, 0.25) is 0 Å². The lowest BCUT2D eigenvalue weighted by molar-refractivity contribution is -0.146. The predicted octanol–water partition coefficient (Wildman–Crippen LogP) is 2.71. The van der Waals surface area contributed by atoms with E-state index in [2.05, 4.69) is 5.32 Å². The van der Waals surface area contributed by atoms with Gasteiger partial charge in [0.25, 0.3) is 0 Å². The summed E-state index contributed by atoms with van der Waals surface area (Å²) in [5.74, 6) is -4.05. The van der Waals surface area contributed by atoms with Crippen molar-refractivity contribution in [1.82, 2.24) is 5.32 Å². The van der Waals surface area contributed by atoms with Gasteiger partial charge in [0.1, 0.15) is 6.04 Å². The molecule has 1 N–H and O–H groups in total. The van der Waals surface area contributed by atoms with Gasteiger partial charge in [0, 0.05) is 25.2 Å². The van der Waals surface area contributed by atoms with Gasteiger partial charge in [-0.15, -0.1) is 0 Å². The van der Waals surface area contributed by atoms with E-state index in [0.29, 0.717) is 6.42 Å². The Bertz CT molecular complexity index is 538. The number of methoxy groups -OCH3 is 1. The molecular weight excluding hydrogens is 304 g/mol. The van der Waals surface area contributed by atoms with Crippen LogP contribution in [0.3, 0.4) is 0 Å². The maximum Gasteiger partial charge on any atom is 0.328 e. The monoisotopic (exact) mass is 325 g/mol. The maximum atomic E-state index is 13.2. The summed E-state index contributed by atoms with van der Waals surface area (Å²) in [4.78, 5) is 24.1. The fourth-order valence-corrected chi connectivity index (χ4v) is 2.78. The predicted molar refractivity (Wildman–Crippen MR) is 81.0 cm³/mol. The van der Waals surface area contributed by atoms with Gasteiger partial charge < -0.3 is 10.1 Å². The Labute approximate surface area is 134 Å². The molecule has 0 heterocycles. The van der Waals surface area contributed by atoms with Crippen LogP contribution >= 0.6 is 0 Å². The standard InChI is InChI=1S/C17H21F2NO3/c1-23-16(22)14(11-12-5-3-2-4-6-12)20-15(21)13-7-9-17(18,19)10-8-13/h2-6,13-14H,7-11H2,1H3,(H,20,21)/t14-/m0/s1. The second-order valence-corrected chi connectivity index (χ2v) is 5.90. The number of halogens is 2. The molecule has 4 nitrogen and oxygen atoms in total. The zero-order valence-corrected chi connectivity index (χ0v) is 13.1. The highest BCUT2D eigenvalue weighted by Crippen LogP contribution is 2.36. The summed E-state index contributed by atoms with van der Waals surface area (Å²) in [7, 11) is 1.26. The van der Waals surface area contributed by atoms with E-state index < -0.39 is 23.9 Å². The van der Waals surface area contributed by atoms with Crippen molar-refractivity contribution in [3.63, 3.8) is 0 Å². The van der Waals surface area contributed by atoms with Crippen molar-refractivity contribution in [2.75, 3.05) is 7.11 Å². The molecule has 0 saturated heterocycles. The number of amides is 1. The molecule has 1 aromatic carbocycles. The lowest BCUT2D eigenvalue weighted by atomic mass is 9.86. The zero-order valence-electron chi connectivity index (χ0n) is 13.1. The summed E-state index contributed by atoms with van der Waals surface area (Å²) >= 11 is 0. The molecule has 0 bridgehead atoms. The van der Waals surface area contributed by atoms with Crippen LogP contribution in [0.5, 0.6) is 0 Å². The van der Waals surface area contributed by atoms with E-state index in [4.69, 9.17) is 4.74 Å². The van der Waals surface area contributed by atoms with Crippen LogP contribution in [0.1, 0.15) is 31.2 Å². The smallest absolute Gasteiger partial charge is 0.328 e. The Balaban J connectivity index is 1.97. The van der Waals surface area contributed by atoms with E-state index in [0.717, 1.165) is 5.56 Å². The third-order valence-electron chi connectivity index (χ3n) is 4.17. The molecule has 1 saturated carbocycles. The van der Waals surface area contributed by atoms with Gasteiger partial charge in [-0.2, -0.15) is 0 Å². The van der Waals surface area contributed by atoms with E-state index in [9.17, 15) is 18.4 Å². The maximum absolute atomic E-state index is 13.2. The van der Waals surface area contributed by atoms with Crippen LogP contribution < -0.4 is 5.32 Å². The van der Waals surface area contributed by atoms with Gasteiger partial charge in [-0.3, -0.25) is 4.79 Å². The summed E-state index contributed by atoms with van der Waals surface area (Å²) in [6.07, 6.45) is 0.0115. The Kier molecular flexibility index (Phi) is 5.69. The molecule has 0 radical (unpaired) electrons. The first-order valence-electron chi connectivity index (χ1n) is 7.71. The lowest BCUT2D eigenvalue weighted by Gasteiger charge is -2.28. The summed E-state index contributed by atoms with van der Waals surface area (Å²) in [5.41, 5.74) is 0.887. The summed E-state index contributed by atoms with van der Waals surface area (Å²) in [6, 6.07) is 8.44. The third kappa shape index (κ3) is 5.01. The SMILES string of the molecule is COC(=O)[C@H](Cc1ccccc1)NC(=O)C1CCC(F)(F)CC1. The summed E-state index contributed by atoms with van der Waals surface area (Å²) in [5, 5.41) is 2.65. The minimum absolute atomic E-state index is 0.137. The number of carbonyl (C=O) groups excluding carboxylic acids is 2. The van der Waals surface area contributed by atoms with Crippen molar-refractivity contribution in [1.29, 1.82) is 0 Å². The van der Waals surface area contributed by atoms with Crippen LogP contribution in [-0.2, 0) is 20.7 Å². The normalized spacial score (nSPS) is 18.9. The molecule has 1 aromatic rings. The molecule has 0 aromatic heterocycles. The van der Waals surface area contributed by atoms with Crippen LogP contribution in [0.25, 0.3) is 0 Å². The topological polar surface area (TPSA) is 55.4 Å². The number of benzene rings is 1. The number of alkyl halides is 2. The number of esters is 1. The lowest BCUT2D eigenvalue weighted by Crippen LogP contribution is -2.46. The zero-order chi connectivity index (χ0) is 16.9. The Morgan fingerprint density at radius 1 is 1.26 bits per heavy atom. The van der Waals surface area contributed by atoms with Crippen LogP contribution in [0.15, 0.2) is 30.3 Å². The van der Waals surface area contributed by atoms with Crippen molar-refractivity contribution >= 4 is 11.9 Å². The molecule has 1 aliphatic rings. The number of carbonyl (C=O) groups is 2. The molecule has 0 aliphatic heterocycles. The van der Waals surface area contributed by atoms with Crippen LogP contribution in [0, 0.1) is 5.92 Å². The second kappa shape index (κ2) is 7.53. The number of hydrogen-bond donors (Lipinski definition) is 1. The first-order valence-corrected chi connectivity index (χ1v) is 7.71. The van der Waals surface area contributed by atoms with Crippen LogP contribution in [0.4, 0.5) is 8.78 Å². The largest absolute Gasteiger partial charge is 0.467 e. The highest BCUT2D eigenvalue weighted by molar-refractivity contribution is 5.86. The highest BCUT2D eigenvalue weighted by atomic mass is 19.3. The average molecular weight is 325 g/mol. The van der Waals surface area contributed by atoms with E-state index >= 15 is 0 Å². The van der Waals surface area contributed by atoms with E-state index in [1.807, 2.05) is 30.3 Å². The number of rotatable bonds is 5. The van der Waals surface area contributed by atoms with Gasteiger partial charge >= 0.3 is 5.97 Å². The molecule has 0 spiro atoms. The van der Waals surface area contributed by atoms with Gasteiger partial charge in [-0.05, 0) is 18.4 Å². The van der Waals surface area contributed by atoms with E-state index in [1.54, 1.807) is 0 Å². The van der Waals surface area contributed by atoms with Crippen LogP contribution in [-0.4, -0.2) is 31.0 Å². The Morgan fingerprint density at radius 2 is 1.87 bits per heavy atom. The van der Waals surface area contributed by atoms with Gasteiger partial charge in [0.15, 0.2) is 0 Å². The van der Waals surface area contributed by atoms with Crippen molar-refractivity contribution in [3.8, 4) is 0 Å². The van der Waals surface area contributed by atoms with Crippen molar-refractivity contribution in [2.45, 2.75) is 44.1 Å². The van der Waals surface area contributed by atoms with Gasteiger partial charge in [-0.1, -0.05) is 30.3 Å². The first kappa shape index (κ1) is 17.4. The molecule has 2 rings (SSSR count). The highest BCUT2D eigenvalue weighted by Gasteiger charge is 2.38. The summed E-state index contributed by atoms with van der Waals surface area (Å²) < 4.78 is 31.1. The molecule has 0 unspecified atom stereocenters. The second-order valence-electron chi connectivity index (χ2n) is 5.90. The van der Waals surface area contributed by atoms with Crippen molar-refractivity contribution in [3.05, 3.63) is 35.9 Å². The minimum Gasteiger partial charge on any atom is -0.467 e. The quantitative estimate of drug-likeness (QED) is 0.847. The van der Waals surface area contributed by atoms with Crippen molar-refractivity contribution in [2.24, 2.45) is 5.92 Å². The fraction of sp³-hybridized carbons (Fsp3) is 0.529. The average Bonchev–Trinajstić information content (AvgIpc) is 2.54. The number of nitrogens with one attached hydrogen (secondary N) is 1. The van der Waals surface area contributed by atoms with E-state index in [1.165, 1.54) is 7.11 Å². The Morgan fingerprint density at radius 3 is 2.43 bits per heavy atom. The molecule has 126 valence electrons. The minimum atomic E-state index is -2.68. The number of ether oxygens (including phenoxy) is 1. The van der Waals surface area contributed by atoms with Gasteiger partial charge in [0.2, 0.25) is 11.8 Å². The van der Waals surface area contributed by atoms with E-state index in [-0.39, 0.29) is 31.6 Å². The number of hydrogen-bond acceptors (Lipinski definition) is 3. The van der Waals surface area contributed by atoms with Gasteiger partial charge in [-0.25, -0.2) is 13.6 Å². The van der Waals surface area contributed by atoms with Gasteiger partial charge in [0.05, 0.1) is 7.11 Å². The molecule has 1 fully saturated rings. The molecular formula is C17H21F2NO3. The first-order chi connectivity index (χ1) is 10.9. The van der Waals surface area contributed by atoms with Crippen molar-refractivity contribution < 1.29 is 23.1 Å². The third-order valence-corrected chi connectivity index (χ3v) is 4.17. The molecule has 1 atom stereocenters. The molecule has 1 amide bonds. The molecule has 23 heavy (non-hydrogen) atoms. The molecule has 6 heteroatoms. The summed E-state index contributed by atoms with van der Waals surface area (Å²) in [6.45, 7) is 0.